The SMILES string of the molecule is CC(C)COc1ccc[n+]([O-])c1. The van der Waals surface area contributed by atoms with E-state index in [0.717, 1.165) is 4.73 Å². The molecule has 0 aliphatic carbocycles. The summed E-state index contributed by atoms with van der Waals surface area (Å²) in [5.74, 6) is 1.10. The molecule has 0 fully saturated rings. The van der Waals surface area contributed by atoms with Crippen molar-refractivity contribution in [1.29, 1.82) is 0 Å². The van der Waals surface area contributed by atoms with E-state index < -0.39 is 0 Å². The molecular formula is C9H13NO2. The number of hydrogen-bond donors (Lipinski definition) is 0. The number of rotatable bonds is 3. The maximum atomic E-state index is 10.8. The molecule has 0 radical (unpaired) electrons. The predicted octanol–water partition coefficient (Wildman–Crippen LogP) is 1.35. The first-order valence-corrected chi connectivity index (χ1v) is 4.00. The van der Waals surface area contributed by atoms with Crippen LogP contribution >= 0.6 is 0 Å². The minimum absolute atomic E-state index is 0.477. The number of hydrogen-bond acceptors (Lipinski definition) is 2. The van der Waals surface area contributed by atoms with E-state index in [4.69, 9.17) is 4.74 Å². The average molecular weight is 167 g/mol. The quantitative estimate of drug-likeness (QED) is 0.503. The van der Waals surface area contributed by atoms with Gasteiger partial charge in [-0.3, -0.25) is 0 Å². The third kappa shape index (κ3) is 2.78. The van der Waals surface area contributed by atoms with Gasteiger partial charge in [-0.1, -0.05) is 13.8 Å². The van der Waals surface area contributed by atoms with E-state index in [-0.39, 0.29) is 0 Å². The topological polar surface area (TPSA) is 36.2 Å². The second-order valence-electron chi connectivity index (χ2n) is 3.10. The molecular weight excluding hydrogens is 154 g/mol. The summed E-state index contributed by atoms with van der Waals surface area (Å²) in [6.45, 7) is 4.77. The Balaban J connectivity index is 2.52. The average Bonchev–Trinajstić information content (AvgIpc) is 2.01. The Morgan fingerprint density at radius 3 is 2.92 bits per heavy atom. The molecule has 1 heterocycles. The van der Waals surface area contributed by atoms with Crippen molar-refractivity contribution in [1.82, 2.24) is 0 Å². The fourth-order valence-electron chi connectivity index (χ4n) is 0.782. The predicted molar refractivity (Wildman–Crippen MR) is 45.7 cm³/mol. The Labute approximate surface area is 72.2 Å². The zero-order valence-corrected chi connectivity index (χ0v) is 7.36. The van der Waals surface area contributed by atoms with Gasteiger partial charge in [0.2, 0.25) is 6.20 Å². The molecule has 0 atom stereocenters. The van der Waals surface area contributed by atoms with Crippen LogP contribution in [0.1, 0.15) is 13.8 Å². The van der Waals surface area contributed by atoms with Crippen LogP contribution in [0, 0.1) is 11.1 Å². The summed E-state index contributed by atoms with van der Waals surface area (Å²) in [6.07, 6.45) is 2.85. The van der Waals surface area contributed by atoms with Gasteiger partial charge in [-0.2, -0.15) is 4.73 Å². The van der Waals surface area contributed by atoms with Crippen molar-refractivity contribution in [2.75, 3.05) is 6.61 Å². The minimum atomic E-state index is 0.477. The molecule has 12 heavy (non-hydrogen) atoms. The molecule has 0 bridgehead atoms. The number of ether oxygens (including phenoxy) is 1. The van der Waals surface area contributed by atoms with E-state index in [1.807, 2.05) is 0 Å². The Morgan fingerprint density at radius 2 is 2.33 bits per heavy atom. The highest BCUT2D eigenvalue weighted by atomic mass is 16.5. The second-order valence-corrected chi connectivity index (χ2v) is 3.10. The lowest BCUT2D eigenvalue weighted by atomic mass is 10.2. The third-order valence-electron chi connectivity index (χ3n) is 1.33. The van der Waals surface area contributed by atoms with Gasteiger partial charge >= 0.3 is 0 Å². The van der Waals surface area contributed by atoms with E-state index in [9.17, 15) is 5.21 Å². The van der Waals surface area contributed by atoms with Crippen LogP contribution in [0.3, 0.4) is 0 Å². The zero-order chi connectivity index (χ0) is 8.97. The molecule has 1 aromatic heterocycles. The van der Waals surface area contributed by atoms with Gasteiger partial charge in [0, 0.05) is 6.07 Å². The van der Waals surface area contributed by atoms with Crippen LogP contribution in [-0.2, 0) is 0 Å². The van der Waals surface area contributed by atoms with E-state index in [1.165, 1.54) is 12.4 Å². The monoisotopic (exact) mass is 167 g/mol. The number of pyridine rings is 1. The fraction of sp³-hybridized carbons (Fsp3) is 0.444. The maximum Gasteiger partial charge on any atom is 0.222 e. The molecule has 0 saturated carbocycles. The molecule has 0 aliphatic rings. The lowest BCUT2D eigenvalue weighted by Crippen LogP contribution is -2.24. The van der Waals surface area contributed by atoms with Gasteiger partial charge < -0.3 is 9.94 Å². The van der Waals surface area contributed by atoms with Gasteiger partial charge in [0.15, 0.2) is 11.9 Å². The van der Waals surface area contributed by atoms with Gasteiger partial charge in [0.05, 0.1) is 6.61 Å². The summed E-state index contributed by atoms with van der Waals surface area (Å²) in [5.41, 5.74) is 0. The first-order chi connectivity index (χ1) is 5.68. The van der Waals surface area contributed by atoms with Gasteiger partial charge in [-0.25, -0.2) is 0 Å². The van der Waals surface area contributed by atoms with Crippen molar-refractivity contribution < 1.29 is 9.47 Å². The third-order valence-corrected chi connectivity index (χ3v) is 1.33. The van der Waals surface area contributed by atoms with Crippen molar-refractivity contribution in [3.8, 4) is 5.75 Å². The summed E-state index contributed by atoms with van der Waals surface area (Å²) < 4.78 is 6.06. The van der Waals surface area contributed by atoms with Crippen molar-refractivity contribution in [3.05, 3.63) is 29.7 Å². The van der Waals surface area contributed by atoms with Crippen molar-refractivity contribution >= 4 is 0 Å². The molecule has 3 nitrogen and oxygen atoms in total. The van der Waals surface area contributed by atoms with Crippen LogP contribution in [0.25, 0.3) is 0 Å². The smallest absolute Gasteiger partial charge is 0.222 e. The number of aromatic nitrogens is 1. The van der Waals surface area contributed by atoms with Crippen molar-refractivity contribution in [2.24, 2.45) is 5.92 Å². The minimum Gasteiger partial charge on any atom is -0.619 e. The summed E-state index contributed by atoms with van der Waals surface area (Å²) in [6, 6.07) is 3.44. The Morgan fingerprint density at radius 1 is 1.58 bits per heavy atom. The Kier molecular flexibility index (Phi) is 2.91. The highest BCUT2D eigenvalue weighted by Gasteiger charge is 1.99. The van der Waals surface area contributed by atoms with E-state index in [2.05, 4.69) is 13.8 Å². The molecule has 0 spiro atoms. The van der Waals surface area contributed by atoms with Crippen LogP contribution in [0.2, 0.25) is 0 Å². The van der Waals surface area contributed by atoms with E-state index in [0.29, 0.717) is 18.3 Å². The maximum absolute atomic E-state index is 10.8. The molecule has 0 saturated heterocycles. The summed E-state index contributed by atoms with van der Waals surface area (Å²) >= 11 is 0. The van der Waals surface area contributed by atoms with Crippen LogP contribution in [0.4, 0.5) is 0 Å². The van der Waals surface area contributed by atoms with Crippen molar-refractivity contribution in [2.45, 2.75) is 13.8 Å². The fourth-order valence-corrected chi connectivity index (χ4v) is 0.782. The summed E-state index contributed by atoms with van der Waals surface area (Å²) in [7, 11) is 0. The lowest BCUT2D eigenvalue weighted by Gasteiger charge is -2.06. The first kappa shape index (κ1) is 8.84. The summed E-state index contributed by atoms with van der Waals surface area (Å²) in [5, 5.41) is 10.8. The van der Waals surface area contributed by atoms with E-state index >= 15 is 0 Å². The standard InChI is InChI=1S/C9H13NO2/c1-8(2)7-12-9-4-3-5-10(11)6-9/h3-6,8H,7H2,1-2H3. The highest BCUT2D eigenvalue weighted by Crippen LogP contribution is 2.06. The molecule has 3 heteroatoms. The Hall–Kier alpha value is -1.25. The van der Waals surface area contributed by atoms with Crippen LogP contribution < -0.4 is 9.47 Å². The molecule has 0 unspecified atom stereocenters. The summed E-state index contributed by atoms with van der Waals surface area (Å²) in [4.78, 5) is 0. The molecule has 0 N–H and O–H groups in total. The first-order valence-electron chi connectivity index (χ1n) is 4.00. The van der Waals surface area contributed by atoms with Gasteiger partial charge in [0.1, 0.15) is 0 Å². The van der Waals surface area contributed by atoms with Crippen LogP contribution in [0.15, 0.2) is 24.5 Å². The molecule has 0 aliphatic heterocycles. The van der Waals surface area contributed by atoms with Crippen LogP contribution in [-0.4, -0.2) is 6.61 Å². The van der Waals surface area contributed by atoms with Gasteiger partial charge in [-0.15, -0.1) is 0 Å². The zero-order valence-electron chi connectivity index (χ0n) is 7.36. The molecule has 0 amide bonds. The number of nitrogens with zero attached hydrogens (tertiary/aromatic N) is 1. The lowest BCUT2D eigenvalue weighted by molar-refractivity contribution is -0.605. The normalized spacial score (nSPS) is 10.2. The highest BCUT2D eigenvalue weighted by molar-refractivity contribution is 5.12. The molecule has 1 aromatic rings. The Bertz CT molecular complexity index is 248. The van der Waals surface area contributed by atoms with E-state index in [1.54, 1.807) is 12.1 Å². The molecule has 0 aromatic carbocycles. The largest absolute Gasteiger partial charge is 0.619 e. The second kappa shape index (κ2) is 3.95. The van der Waals surface area contributed by atoms with Gasteiger partial charge in [0.25, 0.3) is 0 Å². The van der Waals surface area contributed by atoms with Gasteiger partial charge in [-0.05, 0) is 12.0 Å². The van der Waals surface area contributed by atoms with Crippen molar-refractivity contribution in [3.63, 3.8) is 0 Å². The molecule has 1 rings (SSSR count). The van der Waals surface area contributed by atoms with Crippen LogP contribution in [0.5, 0.6) is 5.75 Å². The molecule has 66 valence electrons.